The Morgan fingerprint density at radius 2 is 1.83 bits per heavy atom. The standard InChI is InChI=1S/C14H23NO3/c1-9-6-10(8-13(2,3)7-9)11(16)15-14(4-5-14)12(17)18/h9-10H,4-8H2,1-3H3,(H,15,16)(H,17,18). The molecule has 2 rings (SSSR count). The zero-order chi connectivity index (χ0) is 13.6. The molecule has 2 saturated carbocycles. The fourth-order valence-electron chi connectivity index (χ4n) is 3.40. The molecule has 0 radical (unpaired) electrons. The van der Waals surface area contributed by atoms with E-state index in [9.17, 15) is 9.59 Å². The maximum atomic E-state index is 12.2. The van der Waals surface area contributed by atoms with Crippen LogP contribution in [0.3, 0.4) is 0 Å². The number of carboxylic acid groups (broad SMARTS) is 1. The highest BCUT2D eigenvalue weighted by Gasteiger charge is 2.52. The summed E-state index contributed by atoms with van der Waals surface area (Å²) in [6, 6.07) is 0. The molecule has 0 aromatic rings. The number of hydrogen-bond acceptors (Lipinski definition) is 2. The minimum absolute atomic E-state index is 0.0272. The highest BCUT2D eigenvalue weighted by atomic mass is 16.4. The predicted octanol–water partition coefficient (Wildman–Crippen LogP) is 2.18. The zero-order valence-corrected chi connectivity index (χ0v) is 11.5. The van der Waals surface area contributed by atoms with Crippen LogP contribution in [0.5, 0.6) is 0 Å². The molecule has 0 saturated heterocycles. The molecule has 0 aromatic carbocycles. The molecule has 0 aromatic heterocycles. The third-order valence-corrected chi connectivity index (χ3v) is 4.28. The Balaban J connectivity index is 1.99. The van der Waals surface area contributed by atoms with Gasteiger partial charge in [-0.15, -0.1) is 0 Å². The fraction of sp³-hybridized carbons (Fsp3) is 0.857. The van der Waals surface area contributed by atoms with Crippen molar-refractivity contribution >= 4 is 11.9 Å². The van der Waals surface area contributed by atoms with Gasteiger partial charge in [0.25, 0.3) is 0 Å². The van der Waals surface area contributed by atoms with Crippen LogP contribution in [0.4, 0.5) is 0 Å². The van der Waals surface area contributed by atoms with E-state index >= 15 is 0 Å². The number of aliphatic carboxylic acids is 1. The molecule has 2 fully saturated rings. The number of hydrogen-bond donors (Lipinski definition) is 2. The van der Waals surface area contributed by atoms with Gasteiger partial charge in [-0.05, 0) is 43.4 Å². The Kier molecular flexibility index (Phi) is 3.16. The van der Waals surface area contributed by atoms with Crippen molar-refractivity contribution < 1.29 is 14.7 Å². The molecular formula is C14H23NO3. The second-order valence-electron chi connectivity index (χ2n) is 6.99. The van der Waals surface area contributed by atoms with Gasteiger partial charge in [0.15, 0.2) is 0 Å². The Morgan fingerprint density at radius 1 is 1.22 bits per heavy atom. The largest absolute Gasteiger partial charge is 0.480 e. The number of carboxylic acids is 1. The molecule has 2 aliphatic rings. The molecule has 2 aliphatic carbocycles. The average Bonchev–Trinajstić information content (AvgIpc) is 2.95. The summed E-state index contributed by atoms with van der Waals surface area (Å²) >= 11 is 0. The third kappa shape index (κ3) is 2.68. The zero-order valence-electron chi connectivity index (χ0n) is 11.5. The Hall–Kier alpha value is -1.06. The van der Waals surface area contributed by atoms with Crippen molar-refractivity contribution in [1.82, 2.24) is 5.32 Å². The Labute approximate surface area is 108 Å². The molecule has 102 valence electrons. The topological polar surface area (TPSA) is 66.4 Å². The third-order valence-electron chi connectivity index (χ3n) is 4.28. The van der Waals surface area contributed by atoms with Gasteiger partial charge in [-0.1, -0.05) is 20.8 Å². The summed E-state index contributed by atoms with van der Waals surface area (Å²) in [6.45, 7) is 6.55. The van der Waals surface area contributed by atoms with E-state index in [0.717, 1.165) is 19.3 Å². The van der Waals surface area contributed by atoms with Gasteiger partial charge in [0.2, 0.25) is 5.91 Å². The minimum atomic E-state index is -0.943. The molecule has 2 N–H and O–H groups in total. The van der Waals surface area contributed by atoms with Crippen molar-refractivity contribution in [3.05, 3.63) is 0 Å². The first-order valence-electron chi connectivity index (χ1n) is 6.80. The van der Waals surface area contributed by atoms with Gasteiger partial charge in [-0.25, -0.2) is 4.79 Å². The summed E-state index contributed by atoms with van der Waals surface area (Å²) in [5, 5.41) is 11.8. The van der Waals surface area contributed by atoms with Crippen LogP contribution in [0, 0.1) is 17.3 Å². The van der Waals surface area contributed by atoms with E-state index in [2.05, 4.69) is 26.1 Å². The lowest BCUT2D eigenvalue weighted by molar-refractivity contribution is -0.144. The second kappa shape index (κ2) is 4.25. The number of carbonyl (C=O) groups excluding carboxylic acids is 1. The molecule has 2 atom stereocenters. The molecule has 4 heteroatoms. The van der Waals surface area contributed by atoms with E-state index in [1.807, 2.05) is 0 Å². The average molecular weight is 253 g/mol. The fourth-order valence-corrected chi connectivity index (χ4v) is 3.40. The monoisotopic (exact) mass is 253 g/mol. The number of amides is 1. The van der Waals surface area contributed by atoms with Gasteiger partial charge < -0.3 is 10.4 Å². The molecule has 0 spiro atoms. The normalized spacial score (nSPS) is 32.6. The SMILES string of the molecule is CC1CC(C(=O)NC2(C(=O)O)CC2)CC(C)(C)C1. The van der Waals surface area contributed by atoms with Gasteiger partial charge in [0.05, 0.1) is 0 Å². The first-order valence-corrected chi connectivity index (χ1v) is 6.80. The molecule has 18 heavy (non-hydrogen) atoms. The first kappa shape index (κ1) is 13.4. The molecule has 1 amide bonds. The lowest BCUT2D eigenvalue weighted by Gasteiger charge is -2.38. The molecule has 0 heterocycles. The molecule has 0 bridgehead atoms. The summed E-state index contributed by atoms with van der Waals surface area (Å²) in [4.78, 5) is 23.3. The van der Waals surface area contributed by atoms with Crippen LogP contribution in [0.2, 0.25) is 0 Å². The van der Waals surface area contributed by atoms with Crippen LogP contribution < -0.4 is 5.32 Å². The molecule has 4 nitrogen and oxygen atoms in total. The predicted molar refractivity (Wildman–Crippen MR) is 68.0 cm³/mol. The Bertz CT molecular complexity index is 371. The van der Waals surface area contributed by atoms with Gasteiger partial charge in [-0.2, -0.15) is 0 Å². The highest BCUT2D eigenvalue weighted by molar-refractivity contribution is 5.90. The van der Waals surface area contributed by atoms with Crippen LogP contribution in [0.1, 0.15) is 52.9 Å². The summed E-state index contributed by atoms with van der Waals surface area (Å²) in [5.74, 6) is -0.446. The summed E-state index contributed by atoms with van der Waals surface area (Å²) < 4.78 is 0. The van der Waals surface area contributed by atoms with E-state index in [4.69, 9.17) is 5.11 Å². The smallest absolute Gasteiger partial charge is 0.329 e. The highest BCUT2D eigenvalue weighted by Crippen LogP contribution is 2.43. The molecule has 0 aliphatic heterocycles. The summed E-state index contributed by atoms with van der Waals surface area (Å²) in [6.07, 6.45) is 4.02. The van der Waals surface area contributed by atoms with E-state index in [-0.39, 0.29) is 17.2 Å². The van der Waals surface area contributed by atoms with Crippen molar-refractivity contribution in [2.75, 3.05) is 0 Å². The van der Waals surface area contributed by atoms with E-state index in [1.54, 1.807) is 0 Å². The van der Waals surface area contributed by atoms with Gasteiger partial charge in [-0.3, -0.25) is 4.79 Å². The van der Waals surface area contributed by atoms with Crippen molar-refractivity contribution in [2.45, 2.75) is 58.4 Å². The van der Waals surface area contributed by atoms with Gasteiger partial charge in [0, 0.05) is 5.92 Å². The van der Waals surface area contributed by atoms with Crippen LogP contribution in [0.25, 0.3) is 0 Å². The molecule has 2 unspecified atom stereocenters. The summed E-state index contributed by atoms with van der Waals surface area (Å²) in [7, 11) is 0. The minimum Gasteiger partial charge on any atom is -0.480 e. The van der Waals surface area contributed by atoms with Gasteiger partial charge in [0.1, 0.15) is 5.54 Å². The van der Waals surface area contributed by atoms with E-state index in [1.165, 1.54) is 0 Å². The van der Waals surface area contributed by atoms with Crippen LogP contribution in [-0.4, -0.2) is 22.5 Å². The second-order valence-corrected chi connectivity index (χ2v) is 6.99. The van der Waals surface area contributed by atoms with Gasteiger partial charge >= 0.3 is 5.97 Å². The lowest BCUT2D eigenvalue weighted by Crippen LogP contribution is -2.47. The van der Waals surface area contributed by atoms with E-state index < -0.39 is 11.5 Å². The van der Waals surface area contributed by atoms with Crippen LogP contribution in [0.15, 0.2) is 0 Å². The number of nitrogens with one attached hydrogen (secondary N) is 1. The number of rotatable bonds is 3. The summed E-state index contributed by atoms with van der Waals surface area (Å²) in [5.41, 5.74) is -0.762. The first-order chi connectivity index (χ1) is 8.24. The van der Waals surface area contributed by atoms with Crippen LogP contribution in [-0.2, 0) is 9.59 Å². The molecular weight excluding hydrogens is 230 g/mol. The quantitative estimate of drug-likeness (QED) is 0.810. The van der Waals surface area contributed by atoms with Crippen molar-refractivity contribution in [2.24, 2.45) is 17.3 Å². The van der Waals surface area contributed by atoms with E-state index in [0.29, 0.717) is 18.8 Å². The maximum Gasteiger partial charge on any atom is 0.329 e. The van der Waals surface area contributed by atoms with Crippen molar-refractivity contribution in [3.63, 3.8) is 0 Å². The Morgan fingerprint density at radius 3 is 2.28 bits per heavy atom. The van der Waals surface area contributed by atoms with Crippen LogP contribution >= 0.6 is 0 Å². The van der Waals surface area contributed by atoms with Crippen molar-refractivity contribution in [3.8, 4) is 0 Å². The van der Waals surface area contributed by atoms with Crippen molar-refractivity contribution in [1.29, 1.82) is 0 Å². The number of carbonyl (C=O) groups is 2. The maximum absolute atomic E-state index is 12.2. The lowest BCUT2D eigenvalue weighted by atomic mass is 9.68.